The van der Waals surface area contributed by atoms with E-state index in [2.05, 4.69) is 74.3 Å². The van der Waals surface area contributed by atoms with E-state index in [-0.39, 0.29) is 11.5 Å². The zero-order valence-corrected chi connectivity index (χ0v) is 19.3. The average Bonchev–Trinajstić information content (AvgIpc) is 3.37. The van der Waals surface area contributed by atoms with Gasteiger partial charge in [-0.1, -0.05) is 48.5 Å². The largest absolute Gasteiger partial charge is 0.368 e. The van der Waals surface area contributed by atoms with Gasteiger partial charge in [-0.05, 0) is 59.2 Å². The summed E-state index contributed by atoms with van der Waals surface area (Å²) < 4.78 is 0. The Bertz CT molecular complexity index is 1520. The molecule has 0 saturated heterocycles. The lowest BCUT2D eigenvalue weighted by Crippen LogP contribution is -2.26. The van der Waals surface area contributed by atoms with E-state index in [0.717, 1.165) is 22.9 Å². The molecule has 5 rings (SSSR count). The maximum Gasteiger partial charge on any atom is 0.272 e. The molecule has 35 heavy (non-hydrogen) atoms. The Morgan fingerprint density at radius 3 is 2.54 bits per heavy atom. The molecule has 0 saturated carbocycles. The number of aromatic amines is 2. The monoisotopic (exact) mass is 465 g/mol. The van der Waals surface area contributed by atoms with Crippen LogP contribution < -0.4 is 16.2 Å². The summed E-state index contributed by atoms with van der Waals surface area (Å²) in [6, 6.07) is 24.2. The first-order chi connectivity index (χ1) is 17.2. The smallest absolute Gasteiger partial charge is 0.272 e. The summed E-state index contributed by atoms with van der Waals surface area (Å²) in [5, 5.41) is 15.4. The predicted molar refractivity (Wildman–Crippen MR) is 141 cm³/mol. The summed E-state index contributed by atoms with van der Waals surface area (Å²) in [7, 11) is 0. The molecule has 0 fully saturated rings. The Labute approximate surface area is 202 Å². The number of hydrogen-bond acceptors (Lipinski definition) is 4. The fourth-order valence-corrected chi connectivity index (χ4v) is 4.22. The molecular formula is C28H27N5O2. The van der Waals surface area contributed by atoms with Crippen molar-refractivity contribution >= 4 is 33.4 Å². The van der Waals surface area contributed by atoms with Gasteiger partial charge in [-0.15, -0.1) is 0 Å². The molecule has 0 atom stereocenters. The third-order valence-electron chi connectivity index (χ3n) is 6.15. The van der Waals surface area contributed by atoms with Gasteiger partial charge in [0.15, 0.2) is 5.82 Å². The first kappa shape index (κ1) is 22.4. The molecule has 0 aliphatic carbocycles. The maximum atomic E-state index is 12.3. The Hall–Kier alpha value is -4.39. The van der Waals surface area contributed by atoms with Crippen LogP contribution in [0.3, 0.4) is 0 Å². The normalized spacial score (nSPS) is 11.1. The first-order valence-corrected chi connectivity index (χ1v) is 11.8. The van der Waals surface area contributed by atoms with Crippen molar-refractivity contribution in [3.05, 3.63) is 94.9 Å². The van der Waals surface area contributed by atoms with Gasteiger partial charge in [0.25, 0.3) is 5.56 Å². The third-order valence-corrected chi connectivity index (χ3v) is 6.15. The fraction of sp³-hybridized carbons (Fsp3) is 0.179. The van der Waals surface area contributed by atoms with Crippen LogP contribution in [0.1, 0.15) is 18.4 Å². The lowest BCUT2D eigenvalue weighted by Gasteiger charge is -2.09. The van der Waals surface area contributed by atoms with Gasteiger partial charge < -0.3 is 15.6 Å². The Morgan fingerprint density at radius 1 is 0.886 bits per heavy atom. The van der Waals surface area contributed by atoms with Crippen LogP contribution in [0.4, 0.5) is 5.82 Å². The second-order valence-corrected chi connectivity index (χ2v) is 8.55. The number of H-pyrrole nitrogens is 2. The van der Waals surface area contributed by atoms with E-state index in [9.17, 15) is 9.59 Å². The lowest BCUT2D eigenvalue weighted by molar-refractivity contribution is -0.121. The molecule has 3 aromatic carbocycles. The molecule has 4 N–H and O–H groups in total. The number of anilines is 1. The van der Waals surface area contributed by atoms with Crippen LogP contribution in [0.25, 0.3) is 32.8 Å². The minimum absolute atomic E-state index is 0.0413. The van der Waals surface area contributed by atoms with Crippen molar-refractivity contribution in [3.8, 4) is 11.1 Å². The number of rotatable bonds is 9. The molecule has 1 amide bonds. The number of nitrogens with zero attached hydrogens (tertiary/aromatic N) is 1. The van der Waals surface area contributed by atoms with E-state index >= 15 is 0 Å². The molecule has 0 aliphatic rings. The number of benzene rings is 3. The third kappa shape index (κ3) is 5.24. The second kappa shape index (κ2) is 10.3. The Kier molecular flexibility index (Phi) is 6.57. The van der Waals surface area contributed by atoms with Gasteiger partial charge >= 0.3 is 0 Å². The summed E-state index contributed by atoms with van der Waals surface area (Å²) in [5.74, 6) is 0.683. The maximum absolute atomic E-state index is 12.3. The fourth-order valence-electron chi connectivity index (χ4n) is 4.22. The van der Waals surface area contributed by atoms with Crippen LogP contribution in [0, 0.1) is 0 Å². The van der Waals surface area contributed by atoms with Crippen molar-refractivity contribution in [1.82, 2.24) is 20.5 Å². The highest BCUT2D eigenvalue weighted by atomic mass is 16.1. The van der Waals surface area contributed by atoms with Crippen LogP contribution in [-0.4, -0.2) is 34.2 Å². The van der Waals surface area contributed by atoms with E-state index in [1.165, 1.54) is 16.5 Å². The number of aryl methyl sites for hydroxylation is 1. The van der Waals surface area contributed by atoms with Crippen molar-refractivity contribution in [3.63, 3.8) is 0 Å². The molecule has 0 spiro atoms. The summed E-state index contributed by atoms with van der Waals surface area (Å²) in [6.45, 7) is 1.22. The molecule has 7 heteroatoms. The quantitative estimate of drug-likeness (QED) is 0.239. The molecule has 7 nitrogen and oxygen atoms in total. The molecule has 5 aromatic rings. The lowest BCUT2D eigenvalue weighted by atomic mass is 10.0. The molecule has 2 heterocycles. The van der Waals surface area contributed by atoms with Crippen LogP contribution in [0.15, 0.2) is 83.8 Å². The van der Waals surface area contributed by atoms with Gasteiger partial charge in [-0.3, -0.25) is 9.59 Å². The Balaban J connectivity index is 1.05. The zero-order chi connectivity index (χ0) is 24.0. The van der Waals surface area contributed by atoms with Crippen molar-refractivity contribution in [1.29, 1.82) is 0 Å². The van der Waals surface area contributed by atoms with Gasteiger partial charge in [0.05, 0.1) is 5.39 Å². The van der Waals surface area contributed by atoms with Crippen molar-refractivity contribution in [2.24, 2.45) is 0 Å². The second-order valence-electron chi connectivity index (χ2n) is 8.55. The van der Waals surface area contributed by atoms with Crippen LogP contribution in [-0.2, 0) is 11.2 Å². The van der Waals surface area contributed by atoms with Gasteiger partial charge in [0.2, 0.25) is 5.91 Å². The molecule has 0 unspecified atom stereocenters. The van der Waals surface area contributed by atoms with E-state index in [1.54, 1.807) is 6.07 Å². The van der Waals surface area contributed by atoms with E-state index in [1.807, 2.05) is 24.4 Å². The summed E-state index contributed by atoms with van der Waals surface area (Å²) in [4.78, 5) is 27.3. The molecule has 0 bridgehead atoms. The van der Waals surface area contributed by atoms with Gasteiger partial charge in [0, 0.05) is 36.6 Å². The predicted octanol–water partition coefficient (Wildman–Crippen LogP) is 4.62. The first-order valence-electron chi connectivity index (χ1n) is 11.8. The molecular weight excluding hydrogens is 438 g/mol. The summed E-state index contributed by atoms with van der Waals surface area (Å²) in [6.07, 6.45) is 3.86. The number of nitrogens with one attached hydrogen (secondary N) is 4. The van der Waals surface area contributed by atoms with Crippen LogP contribution in [0.2, 0.25) is 0 Å². The average molecular weight is 466 g/mol. The SMILES string of the molecule is O=C(CCc1ccc(-c2ccc3[nH]ccc3c2)cc1)NCCCNc1n[nH]c(=O)c2ccccc12. The molecule has 176 valence electrons. The minimum atomic E-state index is -0.203. The number of carbonyl (C=O) groups is 1. The van der Waals surface area contributed by atoms with Crippen molar-refractivity contribution in [2.75, 3.05) is 18.4 Å². The number of hydrogen-bond donors (Lipinski definition) is 4. The summed E-state index contributed by atoms with van der Waals surface area (Å²) >= 11 is 0. The number of amides is 1. The zero-order valence-electron chi connectivity index (χ0n) is 19.3. The van der Waals surface area contributed by atoms with E-state index in [4.69, 9.17) is 0 Å². The molecule has 0 aliphatic heterocycles. The van der Waals surface area contributed by atoms with Gasteiger partial charge in [0.1, 0.15) is 0 Å². The van der Waals surface area contributed by atoms with Crippen LogP contribution >= 0.6 is 0 Å². The van der Waals surface area contributed by atoms with E-state index < -0.39 is 0 Å². The van der Waals surface area contributed by atoms with Gasteiger partial charge in [-0.2, -0.15) is 5.10 Å². The highest BCUT2D eigenvalue weighted by molar-refractivity contribution is 5.90. The standard InChI is InChI=1S/C28H27N5O2/c34-26(30-15-3-16-31-27-23-4-1-2-5-24(23)28(35)33-32-27)13-8-19-6-9-20(10-7-19)21-11-12-25-22(18-21)14-17-29-25/h1-2,4-7,9-12,14,17-18,29H,3,8,13,15-16H2,(H,30,34)(H,31,32)(H,33,35). The van der Waals surface area contributed by atoms with Crippen molar-refractivity contribution in [2.45, 2.75) is 19.3 Å². The van der Waals surface area contributed by atoms with Crippen molar-refractivity contribution < 1.29 is 4.79 Å². The minimum Gasteiger partial charge on any atom is -0.368 e. The Morgan fingerprint density at radius 2 is 1.69 bits per heavy atom. The number of carbonyl (C=O) groups excluding carboxylic acids is 1. The number of aromatic nitrogens is 3. The molecule has 2 aromatic heterocycles. The van der Waals surface area contributed by atoms with Gasteiger partial charge in [-0.25, -0.2) is 5.10 Å². The van der Waals surface area contributed by atoms with E-state index in [0.29, 0.717) is 37.1 Å². The topological polar surface area (TPSA) is 103 Å². The highest BCUT2D eigenvalue weighted by Crippen LogP contribution is 2.24. The van der Waals surface area contributed by atoms with Crippen LogP contribution in [0.5, 0.6) is 0 Å². The highest BCUT2D eigenvalue weighted by Gasteiger charge is 2.06. The molecule has 0 radical (unpaired) electrons. The number of fused-ring (bicyclic) bond motifs is 2. The summed E-state index contributed by atoms with van der Waals surface area (Å²) in [5.41, 5.74) is 4.42.